The molecule has 1 rings (SSSR count). The molecule has 1 aromatic rings. The Hall–Kier alpha value is -2.00. The maximum Gasteiger partial charge on any atom is 0.307 e. The van der Waals surface area contributed by atoms with Gasteiger partial charge in [-0.05, 0) is 30.9 Å². The summed E-state index contributed by atoms with van der Waals surface area (Å²) in [5.41, 5.74) is 0.0205. The monoisotopic (exact) mass is 344 g/mol. The maximum absolute atomic E-state index is 12.3. The Balaban J connectivity index is 2.95. The minimum absolute atomic E-state index is 0.100. The van der Waals surface area contributed by atoms with E-state index in [4.69, 9.17) is 5.11 Å². The third-order valence-electron chi connectivity index (χ3n) is 3.28. The third-order valence-corrected chi connectivity index (χ3v) is 4.87. The van der Waals surface area contributed by atoms with Gasteiger partial charge in [-0.15, -0.1) is 0 Å². The van der Waals surface area contributed by atoms with Crippen LogP contribution in [0.15, 0.2) is 23.1 Å². The Bertz CT molecular complexity index is 699. The highest BCUT2D eigenvalue weighted by Gasteiger charge is 2.24. The molecule has 0 aliphatic carbocycles. The van der Waals surface area contributed by atoms with E-state index in [2.05, 4.69) is 4.72 Å². The van der Waals surface area contributed by atoms with Crippen molar-refractivity contribution in [2.24, 2.45) is 11.8 Å². The van der Waals surface area contributed by atoms with Crippen LogP contribution in [0.3, 0.4) is 0 Å². The smallest absolute Gasteiger partial charge is 0.307 e. The van der Waals surface area contributed by atoms with Gasteiger partial charge in [0.25, 0.3) is 5.69 Å². The van der Waals surface area contributed by atoms with E-state index >= 15 is 0 Å². The predicted molar refractivity (Wildman–Crippen MR) is 83.6 cm³/mol. The lowest BCUT2D eigenvalue weighted by molar-refractivity contribution is -0.385. The molecule has 0 aromatic heterocycles. The van der Waals surface area contributed by atoms with Crippen molar-refractivity contribution in [3.8, 4) is 0 Å². The minimum atomic E-state index is -3.93. The molecular formula is C14H20N2O6S. The van der Waals surface area contributed by atoms with Crippen molar-refractivity contribution >= 4 is 21.7 Å². The third kappa shape index (κ3) is 5.29. The minimum Gasteiger partial charge on any atom is -0.481 e. The maximum atomic E-state index is 12.3. The quantitative estimate of drug-likeness (QED) is 0.548. The first-order chi connectivity index (χ1) is 10.5. The molecule has 0 spiro atoms. The zero-order chi connectivity index (χ0) is 17.8. The molecule has 9 heteroatoms. The molecule has 0 fully saturated rings. The van der Waals surface area contributed by atoms with Gasteiger partial charge in [0, 0.05) is 18.7 Å². The van der Waals surface area contributed by atoms with Crippen molar-refractivity contribution < 1.29 is 23.2 Å². The van der Waals surface area contributed by atoms with Crippen molar-refractivity contribution in [1.29, 1.82) is 0 Å². The van der Waals surface area contributed by atoms with Crippen LogP contribution in [0.25, 0.3) is 0 Å². The van der Waals surface area contributed by atoms with E-state index in [1.54, 1.807) is 0 Å². The molecule has 0 heterocycles. The Morgan fingerprint density at radius 2 is 2.00 bits per heavy atom. The molecule has 8 nitrogen and oxygen atoms in total. The largest absolute Gasteiger partial charge is 0.481 e. The van der Waals surface area contributed by atoms with E-state index in [-0.39, 0.29) is 28.6 Å². The second kappa shape index (κ2) is 7.51. The molecule has 2 N–H and O–H groups in total. The second-order valence-corrected chi connectivity index (χ2v) is 7.46. The zero-order valence-electron chi connectivity index (χ0n) is 13.1. The van der Waals surface area contributed by atoms with Crippen LogP contribution in [0.5, 0.6) is 0 Å². The summed E-state index contributed by atoms with van der Waals surface area (Å²) in [6, 6.07) is 3.41. The van der Waals surface area contributed by atoms with Gasteiger partial charge in [0.05, 0.1) is 15.7 Å². The number of aryl methyl sites for hydroxylation is 1. The highest BCUT2D eigenvalue weighted by molar-refractivity contribution is 7.89. The number of carboxylic acid groups (broad SMARTS) is 1. The molecular weight excluding hydrogens is 324 g/mol. The SMILES string of the molecule is Cc1cc([N+](=O)[O-])ccc1S(=O)(=O)NCC(CC(C)C)C(=O)O. The van der Waals surface area contributed by atoms with Crippen molar-refractivity contribution in [3.63, 3.8) is 0 Å². The van der Waals surface area contributed by atoms with Crippen LogP contribution in [-0.4, -0.2) is 31.0 Å². The van der Waals surface area contributed by atoms with Gasteiger partial charge in [-0.25, -0.2) is 13.1 Å². The molecule has 0 saturated carbocycles. The number of rotatable bonds is 8. The summed E-state index contributed by atoms with van der Waals surface area (Å²) in [5, 5.41) is 19.8. The van der Waals surface area contributed by atoms with E-state index in [0.29, 0.717) is 6.42 Å². The van der Waals surface area contributed by atoms with Gasteiger partial charge in [0.15, 0.2) is 0 Å². The average molecular weight is 344 g/mol. The van der Waals surface area contributed by atoms with Crippen molar-refractivity contribution in [3.05, 3.63) is 33.9 Å². The van der Waals surface area contributed by atoms with E-state index < -0.39 is 26.8 Å². The second-order valence-electron chi connectivity index (χ2n) is 5.72. The average Bonchev–Trinajstić information content (AvgIpc) is 2.42. The van der Waals surface area contributed by atoms with Gasteiger partial charge >= 0.3 is 5.97 Å². The summed E-state index contributed by atoms with van der Waals surface area (Å²) in [6.45, 7) is 4.92. The molecule has 0 aliphatic rings. The fourth-order valence-corrected chi connectivity index (χ4v) is 3.48. The van der Waals surface area contributed by atoms with Gasteiger partial charge in [0.1, 0.15) is 0 Å². The molecule has 1 atom stereocenters. The summed E-state index contributed by atoms with van der Waals surface area (Å²) in [7, 11) is -3.93. The molecule has 0 aliphatic heterocycles. The summed E-state index contributed by atoms with van der Waals surface area (Å²) < 4.78 is 26.8. The molecule has 0 radical (unpaired) electrons. The fourth-order valence-electron chi connectivity index (χ4n) is 2.18. The molecule has 1 aromatic carbocycles. The van der Waals surface area contributed by atoms with Gasteiger partial charge < -0.3 is 5.11 Å². The number of benzene rings is 1. The Labute approximate surface area is 134 Å². The number of nitrogens with one attached hydrogen (secondary N) is 1. The number of carboxylic acids is 1. The van der Waals surface area contributed by atoms with Crippen LogP contribution in [0.4, 0.5) is 5.69 Å². The summed E-state index contributed by atoms with van der Waals surface area (Å²) in [5.74, 6) is -1.79. The highest BCUT2D eigenvalue weighted by atomic mass is 32.2. The number of hydrogen-bond acceptors (Lipinski definition) is 5. The zero-order valence-corrected chi connectivity index (χ0v) is 14.0. The number of sulfonamides is 1. The van der Waals surface area contributed by atoms with E-state index in [1.807, 2.05) is 13.8 Å². The number of nitrogens with zero attached hydrogens (tertiary/aromatic N) is 1. The van der Waals surface area contributed by atoms with Crippen LogP contribution in [0.2, 0.25) is 0 Å². The molecule has 23 heavy (non-hydrogen) atoms. The fraction of sp³-hybridized carbons (Fsp3) is 0.500. The first kappa shape index (κ1) is 19.0. The Morgan fingerprint density at radius 1 is 1.39 bits per heavy atom. The normalized spacial score (nSPS) is 13.0. The first-order valence-electron chi connectivity index (χ1n) is 7.02. The molecule has 0 bridgehead atoms. The van der Waals surface area contributed by atoms with Crippen molar-refractivity contribution in [2.45, 2.75) is 32.1 Å². The lowest BCUT2D eigenvalue weighted by Crippen LogP contribution is -2.34. The van der Waals surface area contributed by atoms with Gasteiger partial charge in [-0.1, -0.05) is 13.8 Å². The van der Waals surface area contributed by atoms with Crippen LogP contribution >= 0.6 is 0 Å². The number of aliphatic carboxylic acids is 1. The number of nitro benzene ring substituents is 1. The van der Waals surface area contributed by atoms with Crippen LogP contribution in [0.1, 0.15) is 25.8 Å². The van der Waals surface area contributed by atoms with E-state index in [1.165, 1.54) is 6.92 Å². The van der Waals surface area contributed by atoms with Crippen molar-refractivity contribution in [1.82, 2.24) is 4.72 Å². The number of nitro groups is 1. The predicted octanol–water partition coefficient (Wildman–Crippen LogP) is 1.93. The van der Waals surface area contributed by atoms with Gasteiger partial charge in [0.2, 0.25) is 10.0 Å². The topological polar surface area (TPSA) is 127 Å². The Kier molecular flexibility index (Phi) is 6.22. The number of carbonyl (C=O) groups is 1. The summed E-state index contributed by atoms with van der Waals surface area (Å²) >= 11 is 0. The Morgan fingerprint density at radius 3 is 2.43 bits per heavy atom. The number of non-ortho nitro benzene ring substituents is 1. The van der Waals surface area contributed by atoms with E-state index in [9.17, 15) is 23.3 Å². The number of hydrogen-bond donors (Lipinski definition) is 2. The lowest BCUT2D eigenvalue weighted by Gasteiger charge is -2.16. The summed E-state index contributed by atoms with van der Waals surface area (Å²) in [6.07, 6.45) is 0.344. The van der Waals surface area contributed by atoms with E-state index in [0.717, 1.165) is 18.2 Å². The lowest BCUT2D eigenvalue weighted by atomic mass is 9.98. The van der Waals surface area contributed by atoms with Gasteiger partial charge in [-0.2, -0.15) is 0 Å². The molecule has 0 amide bonds. The summed E-state index contributed by atoms with van der Waals surface area (Å²) in [4.78, 5) is 21.1. The molecule has 0 saturated heterocycles. The van der Waals surface area contributed by atoms with Crippen LogP contribution < -0.4 is 4.72 Å². The molecule has 1 unspecified atom stereocenters. The van der Waals surface area contributed by atoms with Crippen LogP contribution in [-0.2, 0) is 14.8 Å². The van der Waals surface area contributed by atoms with Gasteiger partial charge in [-0.3, -0.25) is 14.9 Å². The standard InChI is InChI=1S/C14H20N2O6S/c1-9(2)6-11(14(17)18)8-15-23(21,22)13-5-4-12(16(19)20)7-10(13)3/h4-5,7,9,11,15H,6,8H2,1-3H3,(H,17,18). The molecule has 128 valence electrons. The first-order valence-corrected chi connectivity index (χ1v) is 8.50. The van der Waals surface area contributed by atoms with Crippen molar-refractivity contribution in [2.75, 3.05) is 6.54 Å². The highest BCUT2D eigenvalue weighted by Crippen LogP contribution is 2.21. The van der Waals surface area contributed by atoms with Crippen LogP contribution in [0, 0.1) is 28.9 Å².